The van der Waals surface area contributed by atoms with Crippen molar-refractivity contribution >= 4 is 38.8 Å². The van der Waals surface area contributed by atoms with E-state index in [1.807, 2.05) is 27.7 Å². The molecule has 154 valence electrons. The first-order valence-corrected chi connectivity index (χ1v) is 10.3. The lowest BCUT2D eigenvalue weighted by atomic mass is 10.0. The predicted octanol–water partition coefficient (Wildman–Crippen LogP) is 2.54. The number of aryl methyl sites for hydroxylation is 1. The van der Waals surface area contributed by atoms with Gasteiger partial charge in [-0.1, -0.05) is 22.0 Å². The van der Waals surface area contributed by atoms with Crippen molar-refractivity contribution in [2.24, 2.45) is 0 Å². The third kappa shape index (κ3) is 4.96. The van der Waals surface area contributed by atoms with Crippen molar-refractivity contribution in [1.29, 1.82) is 5.26 Å². The third-order valence-electron chi connectivity index (χ3n) is 5.28. The lowest BCUT2D eigenvalue weighted by Crippen LogP contribution is -2.49. The number of nitriles is 1. The van der Waals surface area contributed by atoms with Crippen LogP contribution < -0.4 is 0 Å². The quantitative estimate of drug-likeness (QED) is 0.619. The molecule has 1 aliphatic heterocycles. The molecule has 0 saturated carbocycles. The number of nitrogens with zero attached hydrogens (tertiary/aromatic N) is 4. The molecule has 1 unspecified atom stereocenters. The van der Waals surface area contributed by atoms with Crippen LogP contribution in [0.3, 0.4) is 0 Å². The van der Waals surface area contributed by atoms with Gasteiger partial charge in [0.1, 0.15) is 6.04 Å². The molecule has 8 nitrogen and oxygen atoms in total. The summed E-state index contributed by atoms with van der Waals surface area (Å²) in [7, 11) is 0. The number of hydrogen-bond acceptors (Lipinski definition) is 5. The van der Waals surface area contributed by atoms with Crippen LogP contribution in [-0.2, 0) is 16.1 Å². The molecule has 0 radical (unpaired) electrons. The second-order valence-corrected chi connectivity index (χ2v) is 8.03. The highest BCUT2D eigenvalue weighted by molar-refractivity contribution is 9.10. The number of hydrogen-bond donors (Lipinski definition) is 2. The van der Waals surface area contributed by atoms with Crippen molar-refractivity contribution in [1.82, 2.24) is 14.4 Å². The summed E-state index contributed by atoms with van der Waals surface area (Å²) in [4.78, 5) is 27.4. The first kappa shape index (κ1) is 21.3. The summed E-state index contributed by atoms with van der Waals surface area (Å²) in [5.74, 6) is -1.82. The van der Waals surface area contributed by atoms with Gasteiger partial charge in [0.2, 0.25) is 0 Å². The molecule has 0 spiro atoms. The molecule has 2 aromatic rings. The monoisotopic (exact) mass is 462 g/mol. The Morgan fingerprint density at radius 1 is 1.17 bits per heavy atom. The SMILES string of the molecule is N#CCCN1CCN(C(C(=O)O)c2cn(CCC(=O)O)c3cc(Br)ccc23)CC1. The largest absolute Gasteiger partial charge is 0.481 e. The van der Waals surface area contributed by atoms with Crippen LogP contribution in [0.4, 0.5) is 0 Å². The van der Waals surface area contributed by atoms with Crippen molar-refractivity contribution < 1.29 is 19.8 Å². The van der Waals surface area contributed by atoms with Crippen LogP contribution in [0.5, 0.6) is 0 Å². The zero-order chi connectivity index (χ0) is 21.0. The van der Waals surface area contributed by atoms with Gasteiger partial charge in [0.15, 0.2) is 0 Å². The van der Waals surface area contributed by atoms with Crippen LogP contribution in [0.25, 0.3) is 10.9 Å². The average molecular weight is 463 g/mol. The summed E-state index contributed by atoms with van der Waals surface area (Å²) >= 11 is 3.44. The van der Waals surface area contributed by atoms with E-state index in [1.165, 1.54) is 0 Å². The Morgan fingerprint density at radius 3 is 2.52 bits per heavy atom. The van der Waals surface area contributed by atoms with E-state index in [4.69, 9.17) is 10.4 Å². The predicted molar refractivity (Wildman–Crippen MR) is 111 cm³/mol. The van der Waals surface area contributed by atoms with E-state index < -0.39 is 18.0 Å². The Bertz CT molecular complexity index is 944. The lowest BCUT2D eigenvalue weighted by molar-refractivity contribution is -0.144. The highest BCUT2D eigenvalue weighted by atomic mass is 79.9. The number of carboxylic acid groups (broad SMARTS) is 2. The van der Waals surface area contributed by atoms with Crippen LogP contribution in [0.2, 0.25) is 0 Å². The number of piperazine rings is 1. The van der Waals surface area contributed by atoms with Crippen molar-refractivity contribution in [2.45, 2.75) is 25.4 Å². The van der Waals surface area contributed by atoms with Gasteiger partial charge in [-0.25, -0.2) is 0 Å². The van der Waals surface area contributed by atoms with Crippen LogP contribution in [0, 0.1) is 11.3 Å². The fraction of sp³-hybridized carbons (Fsp3) is 0.450. The van der Waals surface area contributed by atoms with Gasteiger partial charge in [-0.15, -0.1) is 0 Å². The summed E-state index contributed by atoms with van der Waals surface area (Å²) in [6, 6.07) is 6.98. The molecule has 2 N–H and O–H groups in total. The maximum atomic E-state index is 12.2. The van der Waals surface area contributed by atoms with E-state index in [1.54, 1.807) is 6.20 Å². The maximum Gasteiger partial charge on any atom is 0.325 e. The molecule has 1 aromatic carbocycles. The fourth-order valence-electron chi connectivity index (χ4n) is 3.85. The minimum atomic E-state index is -0.921. The normalized spacial score (nSPS) is 16.6. The zero-order valence-corrected chi connectivity index (χ0v) is 17.5. The van der Waals surface area contributed by atoms with Crippen LogP contribution in [0.15, 0.2) is 28.9 Å². The summed E-state index contributed by atoms with van der Waals surface area (Å²) in [5.41, 5.74) is 1.49. The number of carboxylic acids is 2. The summed E-state index contributed by atoms with van der Waals surface area (Å²) in [6.07, 6.45) is 2.21. The van der Waals surface area contributed by atoms with E-state index in [2.05, 4.69) is 26.9 Å². The van der Waals surface area contributed by atoms with Crippen LogP contribution >= 0.6 is 15.9 Å². The van der Waals surface area contributed by atoms with Crippen LogP contribution in [-0.4, -0.2) is 69.2 Å². The molecule has 1 aliphatic rings. The minimum absolute atomic E-state index is 0.0367. The van der Waals surface area contributed by atoms with Crippen molar-refractivity contribution in [3.05, 3.63) is 34.4 Å². The standard InChI is InChI=1S/C20H23BrN4O4/c21-14-2-3-15-16(13-25(17(15)12-14)7-4-18(26)27)19(20(28)29)24-10-8-23(9-11-24)6-1-5-22/h2-3,12-13,19H,1,4,6-11H2,(H,26,27)(H,28,29). The number of rotatable bonds is 8. The van der Waals surface area contributed by atoms with Crippen molar-refractivity contribution in [2.75, 3.05) is 32.7 Å². The number of aromatic nitrogens is 1. The Morgan fingerprint density at radius 2 is 1.90 bits per heavy atom. The molecule has 0 bridgehead atoms. The van der Waals surface area contributed by atoms with Gasteiger partial charge in [0.05, 0.1) is 12.5 Å². The molecule has 9 heteroatoms. The Labute approximate surface area is 177 Å². The highest BCUT2D eigenvalue weighted by Crippen LogP contribution is 2.33. The maximum absolute atomic E-state index is 12.2. The van der Waals surface area contributed by atoms with E-state index >= 15 is 0 Å². The smallest absolute Gasteiger partial charge is 0.325 e. The van der Waals surface area contributed by atoms with Gasteiger partial charge in [-0.05, 0) is 12.1 Å². The zero-order valence-electron chi connectivity index (χ0n) is 15.9. The number of benzene rings is 1. The summed E-state index contributed by atoms with van der Waals surface area (Å²) < 4.78 is 2.67. The third-order valence-corrected chi connectivity index (χ3v) is 5.78. The highest BCUT2D eigenvalue weighted by Gasteiger charge is 2.32. The van der Waals surface area contributed by atoms with E-state index in [0.29, 0.717) is 44.7 Å². The molecule has 1 saturated heterocycles. The van der Waals surface area contributed by atoms with Crippen molar-refractivity contribution in [3.63, 3.8) is 0 Å². The molecular formula is C20H23BrN4O4. The van der Waals surface area contributed by atoms with E-state index in [9.17, 15) is 14.7 Å². The lowest BCUT2D eigenvalue weighted by Gasteiger charge is -2.37. The number of halogens is 1. The average Bonchev–Trinajstić information content (AvgIpc) is 3.03. The first-order chi connectivity index (χ1) is 13.9. The van der Waals surface area contributed by atoms with Gasteiger partial charge < -0.3 is 14.8 Å². The van der Waals surface area contributed by atoms with E-state index in [-0.39, 0.29) is 13.0 Å². The molecule has 0 aliphatic carbocycles. The number of fused-ring (bicyclic) bond motifs is 1. The second kappa shape index (κ2) is 9.39. The molecule has 29 heavy (non-hydrogen) atoms. The van der Waals surface area contributed by atoms with Gasteiger partial charge >= 0.3 is 11.9 Å². The summed E-state index contributed by atoms with van der Waals surface area (Å²) in [6.45, 7) is 3.60. The molecule has 0 amide bonds. The molecule has 1 atom stereocenters. The van der Waals surface area contributed by atoms with Gasteiger partial charge in [0, 0.05) is 72.8 Å². The van der Waals surface area contributed by atoms with Gasteiger partial charge in [-0.3, -0.25) is 19.4 Å². The Hall–Kier alpha value is -2.41. The fourth-order valence-corrected chi connectivity index (χ4v) is 4.20. The number of aliphatic carboxylic acids is 2. The second-order valence-electron chi connectivity index (χ2n) is 7.11. The van der Waals surface area contributed by atoms with Gasteiger partial charge in [-0.2, -0.15) is 5.26 Å². The molecule has 2 heterocycles. The van der Waals surface area contributed by atoms with Crippen LogP contribution in [0.1, 0.15) is 24.4 Å². The van der Waals surface area contributed by atoms with Gasteiger partial charge in [0.25, 0.3) is 0 Å². The molecule has 1 aromatic heterocycles. The minimum Gasteiger partial charge on any atom is -0.481 e. The summed E-state index contributed by atoms with van der Waals surface area (Å²) in [5, 5.41) is 28.6. The van der Waals surface area contributed by atoms with E-state index in [0.717, 1.165) is 15.4 Å². The topological polar surface area (TPSA) is 110 Å². The molecule has 3 rings (SSSR count). The Kier molecular flexibility index (Phi) is 6.90. The molecule has 1 fully saturated rings. The van der Waals surface area contributed by atoms with Crippen molar-refractivity contribution in [3.8, 4) is 6.07 Å². The number of carbonyl (C=O) groups is 2. The first-order valence-electron chi connectivity index (χ1n) is 9.47. The Balaban J connectivity index is 1.90. The molecular weight excluding hydrogens is 440 g/mol.